The number of piperazine rings is 1. The van der Waals surface area contributed by atoms with Gasteiger partial charge in [0.2, 0.25) is 5.91 Å². The molecule has 2 aromatic rings. The van der Waals surface area contributed by atoms with Gasteiger partial charge in [-0.05, 0) is 18.2 Å². The molecule has 2 N–H and O–H groups in total. The second-order valence-electron chi connectivity index (χ2n) is 7.37. The van der Waals surface area contributed by atoms with Gasteiger partial charge in [0.05, 0.1) is 0 Å². The fourth-order valence-corrected chi connectivity index (χ4v) is 3.51. The molecule has 0 spiro atoms. The number of nitrogens with one attached hydrogen (secondary N) is 2. The second-order valence-corrected chi connectivity index (χ2v) is 7.37. The van der Waals surface area contributed by atoms with Crippen molar-refractivity contribution >= 4 is 41.7 Å². The van der Waals surface area contributed by atoms with E-state index in [9.17, 15) is 4.79 Å². The number of aliphatic imine (C=N–C) groups is 1. The molecule has 9 heteroatoms. The van der Waals surface area contributed by atoms with Crippen molar-refractivity contribution in [3.8, 4) is 5.75 Å². The van der Waals surface area contributed by atoms with Gasteiger partial charge in [0.1, 0.15) is 18.2 Å². The van der Waals surface area contributed by atoms with Crippen LogP contribution in [-0.4, -0.2) is 68.1 Å². The Morgan fingerprint density at radius 2 is 1.91 bits per heavy atom. The molecule has 8 nitrogen and oxygen atoms in total. The number of carbonyl (C=O) groups is 1. The molecule has 1 aromatic carbocycles. The van der Waals surface area contributed by atoms with Crippen molar-refractivity contribution in [2.45, 2.75) is 13.0 Å². The van der Waals surface area contributed by atoms with Crippen LogP contribution in [0.2, 0.25) is 0 Å². The monoisotopic (exact) mass is 564 g/mol. The van der Waals surface area contributed by atoms with Crippen LogP contribution in [0.3, 0.4) is 0 Å². The van der Waals surface area contributed by atoms with E-state index in [4.69, 9.17) is 4.74 Å². The largest absolute Gasteiger partial charge is 0.489 e. The molecular weight excluding hydrogens is 531 g/mol. The summed E-state index contributed by atoms with van der Waals surface area (Å²) in [6, 6.07) is 13.8. The van der Waals surface area contributed by atoms with E-state index in [1.54, 1.807) is 19.3 Å². The van der Waals surface area contributed by atoms with Crippen LogP contribution in [-0.2, 0) is 11.3 Å². The highest BCUT2D eigenvalue weighted by Crippen LogP contribution is 2.17. The van der Waals surface area contributed by atoms with E-state index in [1.807, 2.05) is 47.4 Å². The molecule has 1 fully saturated rings. The standard InChI is InChI=1S/C24H32N6O2.HI/c1-3-18-32-21-9-5-4-8-20(21)19-28-24(25-2)27-13-11-23(31)30-16-14-29(15-17-30)22-10-6-7-12-26-22;/h3-10,12H,1,11,13-19H2,2H3,(H2,25,27,28);1H. The van der Waals surface area contributed by atoms with Crippen LogP contribution in [0.15, 0.2) is 66.3 Å². The third-order valence-electron chi connectivity index (χ3n) is 5.24. The maximum Gasteiger partial charge on any atom is 0.224 e. The third-order valence-corrected chi connectivity index (χ3v) is 5.24. The van der Waals surface area contributed by atoms with E-state index in [0.29, 0.717) is 45.2 Å². The van der Waals surface area contributed by atoms with Crippen LogP contribution < -0.4 is 20.3 Å². The van der Waals surface area contributed by atoms with Crippen molar-refractivity contribution in [1.82, 2.24) is 20.5 Å². The lowest BCUT2D eigenvalue weighted by Crippen LogP contribution is -2.49. The van der Waals surface area contributed by atoms with E-state index in [0.717, 1.165) is 30.2 Å². The van der Waals surface area contributed by atoms with Crippen molar-refractivity contribution in [3.63, 3.8) is 0 Å². The quantitative estimate of drug-likeness (QED) is 0.211. The predicted octanol–water partition coefficient (Wildman–Crippen LogP) is 2.67. The number of pyridine rings is 1. The Kier molecular flexibility index (Phi) is 11.5. The Balaban J connectivity index is 0.00000385. The minimum Gasteiger partial charge on any atom is -0.489 e. The normalized spacial score (nSPS) is 13.7. The van der Waals surface area contributed by atoms with Gasteiger partial charge in [0.25, 0.3) is 0 Å². The van der Waals surface area contributed by atoms with Crippen LogP contribution in [0.4, 0.5) is 5.82 Å². The maximum absolute atomic E-state index is 12.6. The molecule has 1 aromatic heterocycles. The Labute approximate surface area is 213 Å². The first-order valence-corrected chi connectivity index (χ1v) is 10.9. The van der Waals surface area contributed by atoms with Crippen LogP contribution in [0.5, 0.6) is 5.75 Å². The number of para-hydroxylation sites is 1. The van der Waals surface area contributed by atoms with E-state index in [1.165, 1.54) is 0 Å². The van der Waals surface area contributed by atoms with Crippen LogP contribution in [0, 0.1) is 0 Å². The Hall–Kier alpha value is -2.82. The van der Waals surface area contributed by atoms with Gasteiger partial charge in [-0.2, -0.15) is 0 Å². The summed E-state index contributed by atoms with van der Waals surface area (Å²) in [5, 5.41) is 6.50. The molecule has 3 rings (SSSR count). The van der Waals surface area contributed by atoms with E-state index < -0.39 is 0 Å². The maximum atomic E-state index is 12.6. The van der Waals surface area contributed by atoms with Crippen molar-refractivity contribution in [1.29, 1.82) is 0 Å². The number of aromatic nitrogens is 1. The summed E-state index contributed by atoms with van der Waals surface area (Å²) in [6.07, 6.45) is 3.94. The van der Waals surface area contributed by atoms with Gasteiger partial charge in [0.15, 0.2) is 5.96 Å². The molecule has 0 radical (unpaired) electrons. The number of hydrogen-bond acceptors (Lipinski definition) is 5. The van der Waals surface area contributed by atoms with Gasteiger partial charge in [-0.15, -0.1) is 24.0 Å². The summed E-state index contributed by atoms with van der Waals surface area (Å²) in [5.41, 5.74) is 1.03. The SMILES string of the molecule is C=CCOc1ccccc1CNC(=NC)NCCC(=O)N1CCN(c2ccccn2)CC1.I. The van der Waals surface area contributed by atoms with Gasteiger partial charge < -0.3 is 25.2 Å². The number of anilines is 1. The van der Waals surface area contributed by atoms with Crippen molar-refractivity contribution in [3.05, 3.63) is 66.9 Å². The zero-order valence-corrected chi connectivity index (χ0v) is 21.4. The average Bonchev–Trinajstić information content (AvgIpc) is 2.85. The lowest BCUT2D eigenvalue weighted by Gasteiger charge is -2.35. The highest BCUT2D eigenvalue weighted by Gasteiger charge is 2.21. The molecule has 2 heterocycles. The van der Waals surface area contributed by atoms with Crippen LogP contribution in [0.1, 0.15) is 12.0 Å². The number of ether oxygens (including phenoxy) is 1. The van der Waals surface area contributed by atoms with Crippen LogP contribution in [0.25, 0.3) is 0 Å². The first kappa shape index (κ1) is 26.4. The molecule has 0 bridgehead atoms. The molecule has 0 unspecified atom stereocenters. The third kappa shape index (κ3) is 8.23. The summed E-state index contributed by atoms with van der Waals surface area (Å²) in [7, 11) is 1.72. The summed E-state index contributed by atoms with van der Waals surface area (Å²) in [4.78, 5) is 25.4. The number of amides is 1. The number of carbonyl (C=O) groups excluding carboxylic acids is 1. The molecule has 1 amide bonds. The average molecular weight is 564 g/mol. The number of hydrogen-bond donors (Lipinski definition) is 2. The predicted molar refractivity (Wildman–Crippen MR) is 143 cm³/mol. The van der Waals surface area contributed by atoms with Crippen molar-refractivity contribution in [2.75, 3.05) is 51.3 Å². The van der Waals surface area contributed by atoms with Crippen LogP contribution >= 0.6 is 24.0 Å². The second kappa shape index (κ2) is 14.4. The molecule has 0 aliphatic carbocycles. The number of guanidine groups is 1. The molecule has 0 saturated carbocycles. The lowest BCUT2D eigenvalue weighted by molar-refractivity contribution is -0.131. The number of nitrogens with zero attached hydrogens (tertiary/aromatic N) is 4. The molecule has 1 aliphatic rings. The van der Waals surface area contributed by atoms with Gasteiger partial charge in [-0.1, -0.05) is 36.9 Å². The fourth-order valence-electron chi connectivity index (χ4n) is 3.51. The summed E-state index contributed by atoms with van der Waals surface area (Å²) >= 11 is 0. The minimum atomic E-state index is 0. The smallest absolute Gasteiger partial charge is 0.224 e. The topological polar surface area (TPSA) is 82.1 Å². The first-order valence-electron chi connectivity index (χ1n) is 10.9. The van der Waals surface area contributed by atoms with Crippen molar-refractivity contribution in [2.24, 2.45) is 4.99 Å². The lowest BCUT2D eigenvalue weighted by atomic mass is 10.2. The van der Waals surface area contributed by atoms with Crippen molar-refractivity contribution < 1.29 is 9.53 Å². The van der Waals surface area contributed by atoms with E-state index in [2.05, 4.69) is 32.1 Å². The Morgan fingerprint density at radius 1 is 1.15 bits per heavy atom. The summed E-state index contributed by atoms with van der Waals surface area (Å²) < 4.78 is 5.69. The van der Waals surface area contributed by atoms with E-state index in [-0.39, 0.29) is 29.9 Å². The molecule has 0 atom stereocenters. The summed E-state index contributed by atoms with van der Waals surface area (Å²) in [6.45, 7) is 8.26. The number of benzene rings is 1. The van der Waals surface area contributed by atoms with Gasteiger partial charge in [-0.25, -0.2) is 4.98 Å². The minimum absolute atomic E-state index is 0. The molecular formula is C24H33IN6O2. The number of rotatable bonds is 9. The molecule has 178 valence electrons. The zero-order valence-electron chi connectivity index (χ0n) is 19.1. The number of halogens is 1. The van der Waals surface area contributed by atoms with E-state index >= 15 is 0 Å². The van der Waals surface area contributed by atoms with Gasteiger partial charge in [-0.3, -0.25) is 9.79 Å². The molecule has 33 heavy (non-hydrogen) atoms. The first-order chi connectivity index (χ1) is 15.7. The van der Waals surface area contributed by atoms with Gasteiger partial charge in [0, 0.05) is 64.5 Å². The molecule has 1 aliphatic heterocycles. The Morgan fingerprint density at radius 3 is 2.61 bits per heavy atom. The van der Waals surface area contributed by atoms with Gasteiger partial charge >= 0.3 is 0 Å². The summed E-state index contributed by atoms with van der Waals surface area (Å²) in [5.74, 6) is 2.58. The molecule has 1 saturated heterocycles. The highest BCUT2D eigenvalue weighted by molar-refractivity contribution is 14.0. The highest BCUT2D eigenvalue weighted by atomic mass is 127. The fraction of sp³-hybridized carbons (Fsp3) is 0.375. The Bertz CT molecular complexity index is 901. The zero-order chi connectivity index (χ0) is 22.6.